The molecular formula is C25H27FN4O6. The van der Waals surface area contributed by atoms with Crippen molar-refractivity contribution in [2.45, 2.75) is 32.3 Å². The van der Waals surface area contributed by atoms with E-state index < -0.39 is 24.0 Å². The SMILES string of the molecule is CC(=O)CC[C@H]1CN(c2ccc(-c3ccc(N4CC(COC(=O)CN)CC4=O)nc3)c(F)c2)C(=O)O1. The second-order valence-corrected chi connectivity index (χ2v) is 8.89. The minimum absolute atomic E-state index is 0.0152. The predicted octanol–water partition coefficient (Wildman–Crippen LogP) is 2.44. The quantitative estimate of drug-likeness (QED) is 0.522. The topological polar surface area (TPSA) is 132 Å². The second-order valence-electron chi connectivity index (χ2n) is 8.89. The molecule has 3 heterocycles. The van der Waals surface area contributed by atoms with Gasteiger partial charge in [0.1, 0.15) is 23.5 Å². The normalized spacial score (nSPS) is 19.5. The van der Waals surface area contributed by atoms with Crippen LogP contribution in [0.4, 0.5) is 20.7 Å². The fraction of sp³-hybridized carbons (Fsp3) is 0.400. The monoisotopic (exact) mass is 498 g/mol. The Hall–Kier alpha value is -3.86. The maximum atomic E-state index is 15.0. The fourth-order valence-electron chi connectivity index (χ4n) is 4.24. The number of Topliss-reactive ketones (excluding diaryl/α,β-unsaturated/α-hetero) is 1. The van der Waals surface area contributed by atoms with Crippen molar-refractivity contribution in [2.24, 2.45) is 11.7 Å². The van der Waals surface area contributed by atoms with Gasteiger partial charge < -0.3 is 20.0 Å². The molecule has 190 valence electrons. The number of amides is 2. The van der Waals surface area contributed by atoms with Gasteiger partial charge in [-0.05, 0) is 43.7 Å². The molecule has 1 aromatic heterocycles. The number of hydrogen-bond donors (Lipinski definition) is 1. The van der Waals surface area contributed by atoms with Crippen LogP contribution in [0.5, 0.6) is 0 Å². The lowest BCUT2D eigenvalue weighted by atomic mass is 10.1. The first-order chi connectivity index (χ1) is 17.2. The number of carbonyl (C=O) groups excluding carboxylic acids is 4. The van der Waals surface area contributed by atoms with E-state index in [9.17, 15) is 23.6 Å². The lowest BCUT2D eigenvalue weighted by Crippen LogP contribution is -2.26. The summed E-state index contributed by atoms with van der Waals surface area (Å²) >= 11 is 0. The molecule has 1 aromatic carbocycles. The van der Waals surface area contributed by atoms with Crippen molar-refractivity contribution in [3.05, 3.63) is 42.3 Å². The third kappa shape index (κ3) is 5.68. The van der Waals surface area contributed by atoms with E-state index in [-0.39, 0.29) is 49.3 Å². The third-order valence-electron chi connectivity index (χ3n) is 6.14. The molecule has 2 saturated heterocycles. The number of nitrogens with zero attached hydrogens (tertiary/aromatic N) is 3. The van der Waals surface area contributed by atoms with Gasteiger partial charge in [-0.3, -0.25) is 19.4 Å². The number of aromatic nitrogens is 1. The van der Waals surface area contributed by atoms with Crippen molar-refractivity contribution in [2.75, 3.05) is 36.0 Å². The molecule has 36 heavy (non-hydrogen) atoms. The van der Waals surface area contributed by atoms with Crippen LogP contribution in [0.15, 0.2) is 36.5 Å². The van der Waals surface area contributed by atoms with Gasteiger partial charge in [-0.15, -0.1) is 0 Å². The molecule has 2 atom stereocenters. The minimum atomic E-state index is -0.576. The van der Waals surface area contributed by atoms with Crippen molar-refractivity contribution >= 4 is 35.3 Å². The molecule has 1 unspecified atom stereocenters. The molecule has 2 N–H and O–H groups in total. The molecule has 0 saturated carbocycles. The highest BCUT2D eigenvalue weighted by Gasteiger charge is 2.33. The molecule has 2 aromatic rings. The minimum Gasteiger partial charge on any atom is -0.464 e. The Balaban J connectivity index is 1.41. The zero-order valence-electron chi connectivity index (χ0n) is 19.8. The average Bonchev–Trinajstić information content (AvgIpc) is 3.43. The summed E-state index contributed by atoms with van der Waals surface area (Å²) in [5.74, 6) is -0.921. The largest absolute Gasteiger partial charge is 0.464 e. The van der Waals surface area contributed by atoms with Crippen molar-refractivity contribution in [1.82, 2.24) is 4.98 Å². The molecule has 0 spiro atoms. The van der Waals surface area contributed by atoms with Crippen LogP contribution in [0.3, 0.4) is 0 Å². The van der Waals surface area contributed by atoms with Crippen LogP contribution in [-0.4, -0.2) is 61.1 Å². The Morgan fingerprint density at radius 3 is 2.67 bits per heavy atom. The number of pyridine rings is 1. The van der Waals surface area contributed by atoms with Crippen molar-refractivity contribution < 1.29 is 33.0 Å². The van der Waals surface area contributed by atoms with Crippen LogP contribution < -0.4 is 15.5 Å². The highest BCUT2D eigenvalue weighted by atomic mass is 19.1. The van der Waals surface area contributed by atoms with E-state index in [4.69, 9.17) is 15.2 Å². The van der Waals surface area contributed by atoms with Crippen LogP contribution in [-0.2, 0) is 23.9 Å². The maximum absolute atomic E-state index is 15.0. The zero-order chi connectivity index (χ0) is 25.8. The maximum Gasteiger partial charge on any atom is 0.414 e. The molecule has 2 aliphatic rings. The lowest BCUT2D eigenvalue weighted by molar-refractivity contribution is -0.143. The van der Waals surface area contributed by atoms with Gasteiger partial charge in [-0.25, -0.2) is 14.2 Å². The highest BCUT2D eigenvalue weighted by molar-refractivity contribution is 5.95. The summed E-state index contributed by atoms with van der Waals surface area (Å²) in [4.78, 5) is 54.2. The van der Waals surface area contributed by atoms with Gasteiger partial charge in [0.05, 0.1) is 25.4 Å². The lowest BCUT2D eigenvalue weighted by Gasteiger charge is -2.17. The molecule has 0 radical (unpaired) electrons. The number of ether oxygens (including phenoxy) is 2. The summed E-state index contributed by atoms with van der Waals surface area (Å²) < 4.78 is 25.3. The summed E-state index contributed by atoms with van der Waals surface area (Å²) in [5, 5.41) is 0. The summed E-state index contributed by atoms with van der Waals surface area (Å²) in [7, 11) is 0. The number of cyclic esters (lactones) is 1. The van der Waals surface area contributed by atoms with Gasteiger partial charge in [-0.1, -0.05) is 0 Å². The third-order valence-corrected chi connectivity index (χ3v) is 6.14. The molecule has 0 bridgehead atoms. The Bertz CT molecular complexity index is 1170. The van der Waals surface area contributed by atoms with Gasteiger partial charge in [0.25, 0.3) is 0 Å². The Morgan fingerprint density at radius 2 is 2.00 bits per heavy atom. The fourth-order valence-corrected chi connectivity index (χ4v) is 4.24. The highest BCUT2D eigenvalue weighted by Crippen LogP contribution is 2.31. The average molecular weight is 499 g/mol. The number of nitrogens with two attached hydrogens (primary N) is 1. The predicted molar refractivity (Wildman–Crippen MR) is 128 cm³/mol. The van der Waals surface area contributed by atoms with Crippen molar-refractivity contribution in [3.63, 3.8) is 0 Å². The van der Waals surface area contributed by atoms with E-state index in [1.807, 2.05) is 0 Å². The van der Waals surface area contributed by atoms with E-state index in [1.54, 1.807) is 24.3 Å². The number of rotatable bonds is 9. The summed E-state index contributed by atoms with van der Waals surface area (Å²) in [5.41, 5.74) is 6.38. The summed E-state index contributed by atoms with van der Waals surface area (Å²) in [6.07, 6.45) is 1.45. The number of anilines is 2. The number of hydrogen-bond acceptors (Lipinski definition) is 8. The van der Waals surface area contributed by atoms with Crippen LogP contribution in [0, 0.1) is 11.7 Å². The molecule has 2 amide bonds. The summed E-state index contributed by atoms with van der Waals surface area (Å²) in [6, 6.07) is 7.73. The van der Waals surface area contributed by atoms with Crippen molar-refractivity contribution in [3.8, 4) is 11.1 Å². The van der Waals surface area contributed by atoms with Crippen molar-refractivity contribution in [1.29, 1.82) is 0 Å². The van der Waals surface area contributed by atoms with Crippen LogP contribution in [0.2, 0.25) is 0 Å². The Labute approximate surface area is 207 Å². The second kappa shape index (κ2) is 10.8. The van der Waals surface area contributed by atoms with E-state index in [2.05, 4.69) is 4.98 Å². The number of benzene rings is 1. The van der Waals surface area contributed by atoms with E-state index in [1.165, 1.54) is 29.0 Å². The Kier molecular flexibility index (Phi) is 7.58. The standard InChI is InChI=1S/C25H27FN4O6/c1-15(31)2-5-19-13-29(25(34)36-19)18-4-6-20(21(26)9-18)17-3-7-22(28-11-17)30-12-16(8-23(30)32)14-35-24(33)10-27/h3-4,6-7,9,11,16,19H,2,5,8,10,12-14,27H2,1H3/t16?,19-/m0/s1. The summed E-state index contributed by atoms with van der Waals surface area (Å²) in [6.45, 7) is 1.97. The zero-order valence-corrected chi connectivity index (χ0v) is 19.8. The smallest absolute Gasteiger partial charge is 0.414 e. The molecule has 2 fully saturated rings. The molecule has 11 heteroatoms. The van der Waals surface area contributed by atoms with Gasteiger partial charge in [0.2, 0.25) is 5.91 Å². The van der Waals surface area contributed by atoms with Crippen LogP contribution >= 0.6 is 0 Å². The molecule has 10 nitrogen and oxygen atoms in total. The molecule has 2 aliphatic heterocycles. The number of carbonyl (C=O) groups is 4. The van der Waals surface area contributed by atoms with Gasteiger partial charge >= 0.3 is 12.1 Å². The molecule has 0 aliphatic carbocycles. The number of ketones is 1. The Morgan fingerprint density at radius 1 is 1.19 bits per heavy atom. The van der Waals surface area contributed by atoms with E-state index in [0.717, 1.165) is 0 Å². The first kappa shape index (κ1) is 25.2. The first-order valence-electron chi connectivity index (χ1n) is 11.6. The number of esters is 1. The van der Waals surface area contributed by atoms with E-state index >= 15 is 0 Å². The first-order valence-corrected chi connectivity index (χ1v) is 11.6. The van der Waals surface area contributed by atoms with Gasteiger partial charge in [0.15, 0.2) is 0 Å². The van der Waals surface area contributed by atoms with Gasteiger partial charge in [-0.2, -0.15) is 0 Å². The molecular weight excluding hydrogens is 471 g/mol. The van der Waals surface area contributed by atoms with Crippen LogP contribution in [0.25, 0.3) is 11.1 Å². The van der Waals surface area contributed by atoms with Gasteiger partial charge in [0, 0.05) is 42.6 Å². The van der Waals surface area contributed by atoms with Crippen LogP contribution in [0.1, 0.15) is 26.2 Å². The number of halogens is 1. The molecule has 4 rings (SSSR count). The van der Waals surface area contributed by atoms with E-state index in [0.29, 0.717) is 36.5 Å².